The number of anilines is 1. The molecule has 1 aromatic carbocycles. The molecule has 0 aliphatic rings. The summed E-state index contributed by atoms with van der Waals surface area (Å²) in [7, 11) is -0.970. The van der Waals surface area contributed by atoms with E-state index in [1.165, 1.54) is 12.3 Å². The number of carbonyl (C=O) groups excluding carboxylic acids is 1. The molecule has 2 rings (SSSR count). The van der Waals surface area contributed by atoms with Crippen LogP contribution < -0.4 is 5.32 Å². The van der Waals surface area contributed by atoms with E-state index >= 15 is 0 Å². The Kier molecular flexibility index (Phi) is 5.11. The van der Waals surface area contributed by atoms with Gasteiger partial charge in [0.1, 0.15) is 12.2 Å². The first-order valence-corrected chi connectivity index (χ1v) is 8.17. The number of hydrogen-bond acceptors (Lipinski definition) is 4. The fourth-order valence-electron chi connectivity index (χ4n) is 1.99. The number of furan rings is 1. The molecule has 2 aromatic rings. The van der Waals surface area contributed by atoms with Gasteiger partial charge in [-0.2, -0.15) is 0 Å². The fraction of sp³-hybridized carbons (Fsp3) is 0.200. The van der Waals surface area contributed by atoms with Crippen molar-refractivity contribution >= 4 is 28.4 Å². The van der Waals surface area contributed by atoms with Gasteiger partial charge in [-0.15, -0.1) is 0 Å². The molecule has 0 bridgehead atoms. The molecule has 116 valence electrons. The average molecular weight is 321 g/mol. The maximum absolute atomic E-state index is 12.2. The molecule has 1 heterocycles. The Morgan fingerprint density at radius 1 is 1.32 bits per heavy atom. The number of aliphatic carboxylic acids is 1. The molecule has 0 fully saturated rings. The number of rotatable bonds is 6. The molecule has 1 unspecified atom stereocenters. The fourth-order valence-corrected chi connectivity index (χ4v) is 2.64. The second-order valence-electron chi connectivity index (χ2n) is 4.70. The number of carboxylic acids is 1. The van der Waals surface area contributed by atoms with Crippen molar-refractivity contribution < 1.29 is 23.3 Å². The lowest BCUT2D eigenvalue weighted by atomic mass is 10.1. The van der Waals surface area contributed by atoms with Crippen LogP contribution >= 0.6 is 0 Å². The van der Waals surface area contributed by atoms with Crippen LogP contribution in [0.3, 0.4) is 0 Å². The molecule has 2 N–H and O–H groups in total. The molecule has 7 heteroatoms. The number of hydrogen-bond donors (Lipinski definition) is 2. The number of carboxylic acid groups (broad SMARTS) is 1. The minimum Gasteiger partial charge on any atom is -0.481 e. The van der Waals surface area contributed by atoms with Gasteiger partial charge in [0.15, 0.2) is 0 Å². The predicted octanol–water partition coefficient (Wildman–Crippen LogP) is 2.04. The molecular formula is C15H15NO5S. The monoisotopic (exact) mass is 321 g/mol. The van der Waals surface area contributed by atoms with Gasteiger partial charge in [-0.1, -0.05) is 12.1 Å². The maximum atomic E-state index is 12.2. The largest absolute Gasteiger partial charge is 0.481 e. The van der Waals surface area contributed by atoms with Gasteiger partial charge in [-0.3, -0.25) is 13.8 Å². The highest BCUT2D eigenvalue weighted by molar-refractivity contribution is 7.83. The van der Waals surface area contributed by atoms with Gasteiger partial charge in [-0.25, -0.2) is 0 Å². The molecule has 0 spiro atoms. The van der Waals surface area contributed by atoms with Gasteiger partial charge in [-0.05, 0) is 23.8 Å². The minimum atomic E-state index is -1.07. The van der Waals surface area contributed by atoms with E-state index in [0.29, 0.717) is 11.4 Å². The summed E-state index contributed by atoms with van der Waals surface area (Å²) < 4.78 is 16.3. The van der Waals surface area contributed by atoms with Crippen molar-refractivity contribution in [2.75, 3.05) is 11.6 Å². The summed E-state index contributed by atoms with van der Waals surface area (Å²) in [6.07, 6.45) is 2.53. The predicted molar refractivity (Wildman–Crippen MR) is 82.2 cm³/mol. The zero-order valence-corrected chi connectivity index (χ0v) is 12.7. The Hall–Kier alpha value is -2.41. The third-order valence-corrected chi connectivity index (χ3v) is 3.60. The van der Waals surface area contributed by atoms with Crippen LogP contribution in [0, 0.1) is 0 Å². The molecule has 0 aliphatic carbocycles. The summed E-state index contributed by atoms with van der Waals surface area (Å²) >= 11 is 0. The Morgan fingerprint density at radius 2 is 2.09 bits per heavy atom. The van der Waals surface area contributed by atoms with E-state index in [0.717, 1.165) is 5.56 Å². The van der Waals surface area contributed by atoms with E-state index in [1.54, 1.807) is 24.5 Å². The molecule has 1 amide bonds. The van der Waals surface area contributed by atoms with E-state index in [4.69, 9.17) is 9.52 Å². The zero-order chi connectivity index (χ0) is 16.1. The SMILES string of the molecule is CS(=O)Cc1cccc(NC(=O)c2ccoc2CC(=O)O)c1. The molecule has 0 radical (unpaired) electrons. The standard InChI is InChI=1S/C15H15NO5S/c1-22(20)9-10-3-2-4-11(7-10)16-15(19)12-5-6-21-13(12)8-14(17)18/h2-7H,8-9H2,1H3,(H,16,19)(H,17,18). The van der Waals surface area contributed by atoms with Crippen molar-refractivity contribution in [2.24, 2.45) is 0 Å². The Labute approximate surface area is 129 Å². The lowest BCUT2D eigenvalue weighted by molar-refractivity contribution is -0.136. The first-order chi connectivity index (χ1) is 10.5. The zero-order valence-electron chi connectivity index (χ0n) is 11.9. The highest BCUT2D eigenvalue weighted by Crippen LogP contribution is 2.16. The van der Waals surface area contributed by atoms with Gasteiger partial charge in [0, 0.05) is 28.5 Å². The highest BCUT2D eigenvalue weighted by Gasteiger charge is 2.17. The number of nitrogens with one attached hydrogen (secondary N) is 1. The van der Waals surface area contributed by atoms with Crippen LogP contribution in [-0.4, -0.2) is 27.4 Å². The molecular weight excluding hydrogens is 306 g/mol. The summed E-state index contributed by atoms with van der Waals surface area (Å²) in [4.78, 5) is 22.9. The van der Waals surface area contributed by atoms with Crippen molar-refractivity contribution in [3.63, 3.8) is 0 Å². The van der Waals surface area contributed by atoms with Crippen LogP contribution in [0.1, 0.15) is 21.7 Å². The van der Waals surface area contributed by atoms with Crippen LogP contribution in [0.4, 0.5) is 5.69 Å². The van der Waals surface area contributed by atoms with Gasteiger partial charge in [0.25, 0.3) is 5.91 Å². The van der Waals surface area contributed by atoms with Crippen molar-refractivity contribution in [2.45, 2.75) is 12.2 Å². The lowest BCUT2D eigenvalue weighted by Crippen LogP contribution is -2.14. The Bertz CT molecular complexity index is 722. The van der Waals surface area contributed by atoms with Crippen LogP contribution in [0.25, 0.3) is 0 Å². The molecule has 0 saturated carbocycles. The van der Waals surface area contributed by atoms with Gasteiger partial charge in [0.2, 0.25) is 0 Å². The van der Waals surface area contributed by atoms with Crippen LogP contribution in [0.15, 0.2) is 41.0 Å². The quantitative estimate of drug-likeness (QED) is 0.848. The van der Waals surface area contributed by atoms with Gasteiger partial charge in [0.05, 0.1) is 11.8 Å². The summed E-state index contributed by atoms with van der Waals surface area (Å²) in [5.74, 6) is -1.01. The number of benzene rings is 1. The Balaban J connectivity index is 2.14. The average Bonchev–Trinajstić information content (AvgIpc) is 2.85. The first-order valence-electron chi connectivity index (χ1n) is 6.44. The molecule has 1 aromatic heterocycles. The van der Waals surface area contributed by atoms with E-state index in [-0.39, 0.29) is 17.7 Å². The third kappa shape index (κ3) is 4.29. The summed E-state index contributed by atoms with van der Waals surface area (Å²) in [6, 6.07) is 8.45. The van der Waals surface area contributed by atoms with Crippen molar-refractivity contribution in [3.8, 4) is 0 Å². The highest BCUT2D eigenvalue weighted by atomic mass is 32.2. The molecule has 1 atom stereocenters. The molecule has 0 aliphatic heterocycles. The normalized spacial score (nSPS) is 11.9. The van der Waals surface area contributed by atoms with Crippen molar-refractivity contribution in [1.82, 2.24) is 0 Å². The smallest absolute Gasteiger partial charge is 0.311 e. The maximum Gasteiger partial charge on any atom is 0.311 e. The van der Waals surface area contributed by atoms with Gasteiger partial charge < -0.3 is 14.8 Å². The van der Waals surface area contributed by atoms with E-state index < -0.39 is 22.7 Å². The van der Waals surface area contributed by atoms with Crippen LogP contribution in [0.5, 0.6) is 0 Å². The molecule has 0 saturated heterocycles. The summed E-state index contributed by atoms with van der Waals surface area (Å²) in [6.45, 7) is 0. The van der Waals surface area contributed by atoms with Crippen molar-refractivity contribution in [3.05, 3.63) is 53.5 Å². The second-order valence-corrected chi connectivity index (χ2v) is 6.14. The third-order valence-electron chi connectivity index (χ3n) is 2.86. The summed E-state index contributed by atoms with van der Waals surface area (Å²) in [5.41, 5.74) is 1.58. The minimum absolute atomic E-state index is 0.107. The first kappa shape index (κ1) is 16.0. The number of carbonyl (C=O) groups is 2. The Morgan fingerprint density at radius 3 is 2.77 bits per heavy atom. The summed E-state index contributed by atoms with van der Waals surface area (Å²) in [5, 5.41) is 11.5. The van der Waals surface area contributed by atoms with E-state index in [1.807, 2.05) is 6.07 Å². The number of amides is 1. The lowest BCUT2D eigenvalue weighted by Gasteiger charge is -2.07. The van der Waals surface area contributed by atoms with Crippen LogP contribution in [-0.2, 0) is 27.8 Å². The van der Waals surface area contributed by atoms with E-state index in [2.05, 4.69) is 5.32 Å². The molecule has 22 heavy (non-hydrogen) atoms. The van der Waals surface area contributed by atoms with Gasteiger partial charge >= 0.3 is 5.97 Å². The van der Waals surface area contributed by atoms with Crippen LogP contribution in [0.2, 0.25) is 0 Å². The second kappa shape index (κ2) is 7.04. The van der Waals surface area contributed by atoms with E-state index in [9.17, 15) is 13.8 Å². The van der Waals surface area contributed by atoms with Crippen molar-refractivity contribution in [1.29, 1.82) is 0 Å². The topological polar surface area (TPSA) is 96.6 Å². The molecule has 6 nitrogen and oxygen atoms in total.